The maximum Gasteiger partial charge on any atom is 0.338 e. The molecule has 3 rings (SSSR count). The molecule has 2 bridgehead atoms. The molecular formula is C16H20BrNO2. The Morgan fingerprint density at radius 3 is 2.80 bits per heavy atom. The maximum absolute atomic E-state index is 12.2. The average molecular weight is 338 g/mol. The van der Waals surface area contributed by atoms with Crippen molar-refractivity contribution < 1.29 is 9.53 Å². The third-order valence-corrected chi connectivity index (χ3v) is 5.56. The molecule has 0 aromatic heterocycles. The molecule has 0 amide bonds. The van der Waals surface area contributed by atoms with Crippen LogP contribution in [0.25, 0.3) is 0 Å². The van der Waals surface area contributed by atoms with Gasteiger partial charge in [0.2, 0.25) is 0 Å². The second-order valence-corrected chi connectivity index (χ2v) is 6.48. The third-order valence-electron chi connectivity index (χ3n) is 4.82. The predicted molar refractivity (Wildman–Crippen MR) is 82.1 cm³/mol. The van der Waals surface area contributed by atoms with E-state index in [9.17, 15) is 4.79 Å². The molecule has 0 saturated carbocycles. The number of benzene rings is 1. The number of esters is 1. The van der Waals surface area contributed by atoms with E-state index in [4.69, 9.17) is 4.74 Å². The Morgan fingerprint density at radius 1 is 1.35 bits per heavy atom. The van der Waals surface area contributed by atoms with Crippen molar-refractivity contribution in [1.29, 1.82) is 0 Å². The van der Waals surface area contributed by atoms with Crippen molar-refractivity contribution in [2.24, 2.45) is 5.92 Å². The minimum Gasteiger partial charge on any atom is -0.458 e. The molecule has 0 N–H and O–H groups in total. The Hall–Kier alpha value is -0.870. The molecule has 2 aliphatic heterocycles. The number of carbonyl (C=O) groups excluding carboxylic acids is 1. The van der Waals surface area contributed by atoms with Gasteiger partial charge in [0.25, 0.3) is 0 Å². The number of fused-ring (bicyclic) bond motifs is 2. The fourth-order valence-corrected chi connectivity index (χ4v) is 4.50. The first kappa shape index (κ1) is 14.1. The average Bonchev–Trinajstić information content (AvgIpc) is 2.73. The van der Waals surface area contributed by atoms with E-state index < -0.39 is 0 Å². The highest BCUT2D eigenvalue weighted by Gasteiger charge is 2.46. The zero-order valence-electron chi connectivity index (χ0n) is 11.7. The predicted octanol–water partition coefficient (Wildman–Crippen LogP) is 3.09. The van der Waals surface area contributed by atoms with Crippen LogP contribution in [0.1, 0.15) is 29.6 Å². The van der Waals surface area contributed by atoms with Crippen molar-refractivity contribution in [2.75, 3.05) is 12.4 Å². The van der Waals surface area contributed by atoms with E-state index in [-0.39, 0.29) is 12.1 Å². The lowest BCUT2D eigenvalue weighted by Gasteiger charge is -2.41. The Bertz CT molecular complexity index is 479. The van der Waals surface area contributed by atoms with Crippen molar-refractivity contribution in [3.05, 3.63) is 35.9 Å². The van der Waals surface area contributed by atoms with Crippen LogP contribution in [0.4, 0.5) is 0 Å². The van der Waals surface area contributed by atoms with Gasteiger partial charge in [-0.25, -0.2) is 4.79 Å². The van der Waals surface area contributed by atoms with E-state index in [1.165, 1.54) is 12.8 Å². The van der Waals surface area contributed by atoms with Crippen LogP contribution in [-0.4, -0.2) is 41.4 Å². The number of carbonyl (C=O) groups is 1. The van der Waals surface area contributed by atoms with Crippen LogP contribution in [0.2, 0.25) is 0 Å². The summed E-state index contributed by atoms with van der Waals surface area (Å²) in [6.45, 7) is 0. The second kappa shape index (κ2) is 5.86. The number of piperidine rings is 1. The highest BCUT2D eigenvalue weighted by atomic mass is 79.9. The number of hydrogen-bond donors (Lipinski definition) is 0. The number of hydrogen-bond acceptors (Lipinski definition) is 3. The van der Waals surface area contributed by atoms with Gasteiger partial charge in [0, 0.05) is 29.8 Å². The van der Waals surface area contributed by atoms with Gasteiger partial charge in [-0.2, -0.15) is 0 Å². The van der Waals surface area contributed by atoms with Crippen LogP contribution in [0, 0.1) is 5.92 Å². The summed E-state index contributed by atoms with van der Waals surface area (Å²) in [6.07, 6.45) is 3.44. The van der Waals surface area contributed by atoms with E-state index in [1.54, 1.807) is 0 Å². The van der Waals surface area contributed by atoms with Gasteiger partial charge in [0.15, 0.2) is 0 Å². The van der Waals surface area contributed by atoms with E-state index in [1.807, 2.05) is 30.3 Å². The summed E-state index contributed by atoms with van der Waals surface area (Å²) in [5.41, 5.74) is 0.645. The smallest absolute Gasteiger partial charge is 0.338 e. The zero-order chi connectivity index (χ0) is 14.1. The van der Waals surface area contributed by atoms with Crippen LogP contribution in [-0.2, 0) is 4.74 Å². The zero-order valence-corrected chi connectivity index (χ0v) is 13.3. The lowest BCUT2D eigenvalue weighted by molar-refractivity contribution is -0.0269. The minimum atomic E-state index is -0.189. The highest BCUT2D eigenvalue weighted by molar-refractivity contribution is 9.09. The van der Waals surface area contributed by atoms with Gasteiger partial charge in [-0.1, -0.05) is 34.1 Å². The molecule has 2 aliphatic rings. The Morgan fingerprint density at radius 2 is 2.10 bits per heavy atom. The lowest BCUT2D eigenvalue weighted by atomic mass is 9.89. The van der Waals surface area contributed by atoms with E-state index in [2.05, 4.69) is 27.9 Å². The topological polar surface area (TPSA) is 29.5 Å². The van der Waals surface area contributed by atoms with Crippen LogP contribution in [0.15, 0.2) is 30.3 Å². The summed E-state index contributed by atoms with van der Waals surface area (Å²) >= 11 is 3.61. The number of nitrogens with zero attached hydrogens (tertiary/aromatic N) is 1. The standard InChI is InChI=1S/C16H20BrNO2/c1-18-12-7-8-14(18)13(10-17)15(9-12)20-16(19)11-5-3-2-4-6-11/h2-6,12-15H,7-10H2,1H3. The maximum atomic E-state index is 12.2. The molecule has 1 aromatic rings. The molecule has 2 saturated heterocycles. The molecule has 2 heterocycles. The molecule has 3 nitrogen and oxygen atoms in total. The summed E-state index contributed by atoms with van der Waals surface area (Å²) < 4.78 is 5.81. The summed E-state index contributed by atoms with van der Waals surface area (Å²) in [5, 5.41) is 0.890. The number of alkyl halides is 1. The Balaban J connectivity index is 1.72. The first-order valence-electron chi connectivity index (χ1n) is 7.24. The first-order valence-corrected chi connectivity index (χ1v) is 8.36. The Kier molecular flexibility index (Phi) is 4.13. The minimum absolute atomic E-state index is 0.0378. The van der Waals surface area contributed by atoms with Gasteiger partial charge in [0.1, 0.15) is 6.10 Å². The monoisotopic (exact) mass is 337 g/mol. The van der Waals surface area contributed by atoms with Crippen molar-refractivity contribution in [3.63, 3.8) is 0 Å². The van der Waals surface area contributed by atoms with Crippen molar-refractivity contribution in [2.45, 2.75) is 37.5 Å². The molecule has 0 radical (unpaired) electrons. The highest BCUT2D eigenvalue weighted by Crippen LogP contribution is 2.40. The largest absolute Gasteiger partial charge is 0.458 e. The van der Waals surface area contributed by atoms with E-state index >= 15 is 0 Å². The molecule has 4 unspecified atom stereocenters. The number of halogens is 1. The van der Waals surface area contributed by atoms with Gasteiger partial charge < -0.3 is 4.74 Å². The van der Waals surface area contributed by atoms with Crippen LogP contribution in [0.3, 0.4) is 0 Å². The summed E-state index contributed by atoms with van der Waals surface area (Å²) in [7, 11) is 2.20. The Labute approximate surface area is 128 Å². The van der Waals surface area contributed by atoms with Gasteiger partial charge in [0.05, 0.1) is 5.56 Å². The molecule has 108 valence electrons. The van der Waals surface area contributed by atoms with Gasteiger partial charge in [-0.3, -0.25) is 4.90 Å². The lowest BCUT2D eigenvalue weighted by Crippen LogP contribution is -2.51. The normalized spacial score (nSPS) is 33.1. The molecule has 0 spiro atoms. The fourth-order valence-electron chi connectivity index (χ4n) is 3.65. The van der Waals surface area contributed by atoms with Crippen LogP contribution in [0.5, 0.6) is 0 Å². The number of ether oxygens (including phenoxy) is 1. The van der Waals surface area contributed by atoms with Crippen molar-refractivity contribution >= 4 is 21.9 Å². The molecule has 20 heavy (non-hydrogen) atoms. The van der Waals surface area contributed by atoms with Gasteiger partial charge in [-0.15, -0.1) is 0 Å². The molecule has 0 aliphatic carbocycles. The molecule has 4 atom stereocenters. The van der Waals surface area contributed by atoms with Crippen molar-refractivity contribution in [3.8, 4) is 0 Å². The molecule has 4 heteroatoms. The fraction of sp³-hybridized carbons (Fsp3) is 0.562. The van der Waals surface area contributed by atoms with Crippen LogP contribution < -0.4 is 0 Å². The van der Waals surface area contributed by atoms with Crippen LogP contribution >= 0.6 is 15.9 Å². The van der Waals surface area contributed by atoms with E-state index in [0.29, 0.717) is 23.6 Å². The quantitative estimate of drug-likeness (QED) is 0.627. The summed E-state index contributed by atoms with van der Waals surface area (Å²) in [6, 6.07) is 10.4. The molecule has 1 aromatic carbocycles. The van der Waals surface area contributed by atoms with Crippen molar-refractivity contribution in [1.82, 2.24) is 4.90 Å². The summed E-state index contributed by atoms with van der Waals surface area (Å²) in [4.78, 5) is 14.7. The van der Waals surface area contributed by atoms with Gasteiger partial charge in [-0.05, 0) is 32.0 Å². The molecular weight excluding hydrogens is 318 g/mol. The summed E-state index contributed by atoms with van der Waals surface area (Å²) in [5.74, 6) is 0.205. The SMILES string of the molecule is CN1C2CCC1C(CBr)C(OC(=O)c1ccccc1)C2. The van der Waals surface area contributed by atoms with E-state index in [0.717, 1.165) is 11.8 Å². The second-order valence-electron chi connectivity index (χ2n) is 5.83. The molecule has 2 fully saturated rings. The third kappa shape index (κ3) is 2.51. The number of rotatable bonds is 3. The van der Waals surface area contributed by atoms with Gasteiger partial charge >= 0.3 is 5.97 Å². The first-order chi connectivity index (χ1) is 9.70.